The molecule has 2 heterocycles. The van der Waals surface area contributed by atoms with Crippen molar-refractivity contribution in [1.82, 2.24) is 10.2 Å². The van der Waals surface area contributed by atoms with Crippen LogP contribution in [0.4, 0.5) is 4.39 Å². The quantitative estimate of drug-likeness (QED) is 0.856. The van der Waals surface area contributed by atoms with Gasteiger partial charge in [0.1, 0.15) is 5.82 Å². The lowest BCUT2D eigenvalue weighted by molar-refractivity contribution is 0.0553. The number of amides is 1. The molecule has 1 atom stereocenters. The predicted molar refractivity (Wildman–Crippen MR) is 83.7 cm³/mol. The Morgan fingerprint density at radius 1 is 1.38 bits per heavy atom. The number of carbonyl (C=O) groups excluding carboxylic acids is 1. The molecule has 6 heteroatoms. The van der Waals surface area contributed by atoms with Crippen LogP contribution in [0, 0.1) is 11.2 Å². The van der Waals surface area contributed by atoms with Crippen LogP contribution in [0.2, 0.25) is 5.02 Å². The summed E-state index contributed by atoms with van der Waals surface area (Å²) in [4.78, 5) is 14.4. The zero-order valence-corrected chi connectivity index (χ0v) is 13.3. The number of rotatable bonds is 1. The van der Waals surface area contributed by atoms with Crippen molar-refractivity contribution in [3.05, 3.63) is 34.6 Å². The van der Waals surface area contributed by atoms with Crippen molar-refractivity contribution in [1.29, 1.82) is 0 Å². The van der Waals surface area contributed by atoms with Gasteiger partial charge in [0.2, 0.25) is 0 Å². The summed E-state index contributed by atoms with van der Waals surface area (Å²) in [7, 11) is 0. The molecule has 0 radical (unpaired) electrons. The van der Waals surface area contributed by atoms with Crippen molar-refractivity contribution in [3.8, 4) is 0 Å². The molecule has 0 aliphatic carbocycles. The van der Waals surface area contributed by atoms with Gasteiger partial charge in [0.05, 0.1) is 10.6 Å². The number of halogens is 3. The van der Waals surface area contributed by atoms with Crippen LogP contribution in [0.15, 0.2) is 18.2 Å². The van der Waals surface area contributed by atoms with Gasteiger partial charge in [-0.2, -0.15) is 0 Å². The van der Waals surface area contributed by atoms with Crippen molar-refractivity contribution in [2.75, 3.05) is 26.2 Å². The molecule has 3 rings (SSSR count). The Balaban J connectivity index is 0.00000161. The summed E-state index contributed by atoms with van der Waals surface area (Å²) < 4.78 is 13.3. The van der Waals surface area contributed by atoms with Crippen LogP contribution < -0.4 is 5.32 Å². The standard InChI is InChI=1S/C15H18ClFN2O.ClH/c16-13-3-2-11(17)8-12(13)14(20)19-7-1-4-15(10-19)5-6-18-9-15;/h2-3,8,18H,1,4-7,9-10H2;1H. The summed E-state index contributed by atoms with van der Waals surface area (Å²) in [6.45, 7) is 3.45. The van der Waals surface area contributed by atoms with Gasteiger partial charge in [-0.05, 0) is 44.0 Å². The highest BCUT2D eigenvalue weighted by Crippen LogP contribution is 2.36. The van der Waals surface area contributed by atoms with E-state index in [9.17, 15) is 9.18 Å². The molecule has 1 aromatic carbocycles. The monoisotopic (exact) mass is 332 g/mol. The molecule has 2 aliphatic rings. The predicted octanol–water partition coefficient (Wildman–Crippen LogP) is 3.12. The number of carbonyl (C=O) groups is 1. The molecule has 1 N–H and O–H groups in total. The van der Waals surface area contributed by atoms with Gasteiger partial charge in [0.25, 0.3) is 5.91 Å². The molecule has 2 saturated heterocycles. The second-order valence-electron chi connectivity index (χ2n) is 5.88. The van der Waals surface area contributed by atoms with E-state index in [1.807, 2.05) is 4.90 Å². The Kier molecular flexibility index (Phi) is 5.12. The van der Waals surface area contributed by atoms with E-state index in [-0.39, 0.29) is 29.3 Å². The number of nitrogens with zero attached hydrogens (tertiary/aromatic N) is 1. The lowest BCUT2D eigenvalue weighted by Crippen LogP contribution is -2.47. The molecule has 116 valence electrons. The fourth-order valence-corrected chi connectivity index (χ4v) is 3.56. The minimum atomic E-state index is -0.424. The maximum Gasteiger partial charge on any atom is 0.255 e. The second kappa shape index (κ2) is 6.51. The number of hydrogen-bond acceptors (Lipinski definition) is 2. The van der Waals surface area contributed by atoms with E-state index in [4.69, 9.17) is 11.6 Å². The highest BCUT2D eigenvalue weighted by atomic mass is 35.5. The van der Waals surface area contributed by atoms with Crippen LogP contribution >= 0.6 is 24.0 Å². The van der Waals surface area contributed by atoms with Gasteiger partial charge >= 0.3 is 0 Å². The van der Waals surface area contributed by atoms with Gasteiger partial charge in [-0.25, -0.2) is 4.39 Å². The number of nitrogens with one attached hydrogen (secondary N) is 1. The van der Waals surface area contributed by atoms with Gasteiger partial charge in [0.15, 0.2) is 0 Å². The third-order valence-corrected chi connectivity index (χ3v) is 4.77. The number of benzene rings is 1. The normalized spacial score (nSPS) is 25.0. The second-order valence-corrected chi connectivity index (χ2v) is 6.29. The molecule has 1 unspecified atom stereocenters. The Labute approximate surface area is 135 Å². The zero-order chi connectivity index (χ0) is 14.2. The maximum atomic E-state index is 13.3. The summed E-state index contributed by atoms with van der Waals surface area (Å²) in [6, 6.07) is 3.96. The molecular weight excluding hydrogens is 314 g/mol. The fraction of sp³-hybridized carbons (Fsp3) is 0.533. The molecular formula is C15H19Cl2FN2O. The van der Waals surface area contributed by atoms with E-state index in [0.29, 0.717) is 5.02 Å². The van der Waals surface area contributed by atoms with Crippen LogP contribution in [-0.2, 0) is 0 Å². The molecule has 1 aromatic rings. The fourth-order valence-electron chi connectivity index (χ4n) is 3.36. The first-order chi connectivity index (χ1) is 9.60. The first-order valence-corrected chi connectivity index (χ1v) is 7.43. The van der Waals surface area contributed by atoms with Crippen molar-refractivity contribution >= 4 is 29.9 Å². The van der Waals surface area contributed by atoms with Gasteiger partial charge in [-0.3, -0.25) is 4.79 Å². The van der Waals surface area contributed by atoms with E-state index in [1.165, 1.54) is 18.2 Å². The molecule has 2 aliphatic heterocycles. The number of piperidine rings is 1. The number of likely N-dealkylation sites (tertiary alicyclic amines) is 1. The summed E-state index contributed by atoms with van der Waals surface area (Å²) in [5.74, 6) is -0.576. The van der Waals surface area contributed by atoms with E-state index in [0.717, 1.165) is 45.4 Å². The van der Waals surface area contributed by atoms with Crippen molar-refractivity contribution in [2.45, 2.75) is 19.3 Å². The summed E-state index contributed by atoms with van der Waals surface area (Å²) in [5, 5.41) is 3.70. The van der Waals surface area contributed by atoms with Crippen LogP contribution in [0.1, 0.15) is 29.6 Å². The van der Waals surface area contributed by atoms with Gasteiger partial charge in [-0.15, -0.1) is 12.4 Å². The first-order valence-electron chi connectivity index (χ1n) is 7.05. The maximum absolute atomic E-state index is 13.3. The summed E-state index contributed by atoms with van der Waals surface area (Å²) >= 11 is 6.03. The smallest absolute Gasteiger partial charge is 0.255 e. The van der Waals surface area contributed by atoms with Crippen LogP contribution in [-0.4, -0.2) is 37.0 Å². The van der Waals surface area contributed by atoms with Crippen LogP contribution in [0.5, 0.6) is 0 Å². The van der Waals surface area contributed by atoms with E-state index in [2.05, 4.69) is 5.32 Å². The van der Waals surface area contributed by atoms with Crippen LogP contribution in [0.25, 0.3) is 0 Å². The lowest BCUT2D eigenvalue weighted by atomic mass is 9.79. The van der Waals surface area contributed by atoms with Crippen molar-refractivity contribution in [2.24, 2.45) is 5.41 Å². The molecule has 1 spiro atoms. The number of hydrogen-bond donors (Lipinski definition) is 1. The minimum absolute atomic E-state index is 0. The first kappa shape index (κ1) is 16.5. The van der Waals surface area contributed by atoms with Gasteiger partial charge in [-0.1, -0.05) is 11.6 Å². The van der Waals surface area contributed by atoms with E-state index in [1.54, 1.807) is 0 Å². The molecule has 0 bridgehead atoms. The summed E-state index contributed by atoms with van der Waals surface area (Å²) in [5.41, 5.74) is 0.475. The average Bonchev–Trinajstić information content (AvgIpc) is 2.88. The molecule has 1 amide bonds. The zero-order valence-electron chi connectivity index (χ0n) is 11.7. The van der Waals surface area contributed by atoms with Crippen LogP contribution in [0.3, 0.4) is 0 Å². The lowest BCUT2D eigenvalue weighted by Gasteiger charge is -2.40. The van der Waals surface area contributed by atoms with Gasteiger partial charge in [0, 0.05) is 25.0 Å². The minimum Gasteiger partial charge on any atom is -0.338 e. The molecule has 3 nitrogen and oxygen atoms in total. The highest BCUT2D eigenvalue weighted by molar-refractivity contribution is 6.33. The van der Waals surface area contributed by atoms with Crippen molar-refractivity contribution < 1.29 is 9.18 Å². The third kappa shape index (κ3) is 3.33. The summed E-state index contributed by atoms with van der Waals surface area (Å²) in [6.07, 6.45) is 3.26. The van der Waals surface area contributed by atoms with Crippen molar-refractivity contribution in [3.63, 3.8) is 0 Å². The third-order valence-electron chi connectivity index (χ3n) is 4.44. The Hall–Kier alpha value is -0.840. The Morgan fingerprint density at radius 3 is 2.90 bits per heavy atom. The average molecular weight is 333 g/mol. The molecule has 0 saturated carbocycles. The topological polar surface area (TPSA) is 32.3 Å². The Bertz CT molecular complexity index is 532. The molecule has 0 aromatic heterocycles. The Morgan fingerprint density at radius 2 is 2.19 bits per heavy atom. The van der Waals surface area contributed by atoms with E-state index >= 15 is 0 Å². The molecule has 21 heavy (non-hydrogen) atoms. The van der Waals surface area contributed by atoms with E-state index < -0.39 is 5.82 Å². The largest absolute Gasteiger partial charge is 0.338 e. The SMILES string of the molecule is Cl.O=C(c1cc(F)ccc1Cl)N1CCCC2(CCNC2)C1. The highest BCUT2D eigenvalue weighted by Gasteiger charge is 2.39. The van der Waals surface area contributed by atoms with Gasteiger partial charge < -0.3 is 10.2 Å². The molecule has 2 fully saturated rings.